The average Bonchev–Trinajstić information content (AvgIpc) is 2.99. The third kappa shape index (κ3) is 3.34. The molecule has 2 aromatic carbocycles. The van der Waals surface area contributed by atoms with E-state index in [-0.39, 0.29) is 5.56 Å². The van der Waals surface area contributed by atoms with E-state index in [0.717, 1.165) is 37.7 Å². The van der Waals surface area contributed by atoms with Crippen LogP contribution in [0.25, 0.3) is 0 Å². The molecule has 3 rings (SSSR count). The van der Waals surface area contributed by atoms with Gasteiger partial charge < -0.3 is 5.11 Å². The maximum Gasteiger partial charge on any atom is 0.129 e. The molecule has 1 aliphatic heterocycles. The van der Waals surface area contributed by atoms with Crippen molar-refractivity contribution in [1.29, 1.82) is 0 Å². The Morgan fingerprint density at radius 3 is 2.68 bits per heavy atom. The summed E-state index contributed by atoms with van der Waals surface area (Å²) in [6.07, 6.45) is 0.00718. The lowest BCUT2D eigenvalue weighted by Crippen LogP contribution is -2.26. The molecule has 2 aromatic rings. The minimum absolute atomic E-state index is 0.0307. The molecule has 0 spiro atoms. The van der Waals surface area contributed by atoms with E-state index in [0.29, 0.717) is 12.5 Å². The average molecular weight is 303 g/mol. The van der Waals surface area contributed by atoms with Gasteiger partial charge in [0.15, 0.2) is 0 Å². The zero-order valence-corrected chi connectivity index (χ0v) is 12.3. The fourth-order valence-electron chi connectivity index (χ4n) is 3.11. The Kier molecular flexibility index (Phi) is 4.50. The molecule has 1 N–H and O–H groups in total. The van der Waals surface area contributed by atoms with Gasteiger partial charge in [-0.05, 0) is 42.6 Å². The number of benzene rings is 2. The van der Waals surface area contributed by atoms with Gasteiger partial charge >= 0.3 is 0 Å². The number of likely N-dealkylation sites (tertiary alicyclic amines) is 1. The van der Waals surface area contributed by atoms with E-state index in [9.17, 15) is 13.9 Å². The lowest BCUT2D eigenvalue weighted by Gasteiger charge is -2.21. The Labute approximate surface area is 129 Å². The van der Waals surface area contributed by atoms with Crippen LogP contribution in [0.1, 0.15) is 29.6 Å². The first-order valence-corrected chi connectivity index (χ1v) is 7.54. The lowest BCUT2D eigenvalue weighted by molar-refractivity contribution is 0.122. The normalized spacial score (nSPS) is 20.2. The molecule has 4 heteroatoms. The number of aliphatic hydroxyl groups excluding tert-OH is 1. The second-order valence-corrected chi connectivity index (χ2v) is 5.84. The highest BCUT2D eigenvalue weighted by atomic mass is 19.1. The van der Waals surface area contributed by atoms with Crippen LogP contribution in [0.4, 0.5) is 8.78 Å². The minimum Gasteiger partial charge on any atom is -0.387 e. The molecule has 0 radical (unpaired) electrons. The molecule has 1 saturated heterocycles. The summed E-state index contributed by atoms with van der Waals surface area (Å²) < 4.78 is 26.9. The van der Waals surface area contributed by atoms with Gasteiger partial charge in [0.25, 0.3) is 0 Å². The Hall–Kier alpha value is -1.78. The van der Waals surface area contributed by atoms with Crippen molar-refractivity contribution in [1.82, 2.24) is 4.90 Å². The molecule has 0 bridgehead atoms. The van der Waals surface area contributed by atoms with Crippen molar-refractivity contribution in [2.75, 3.05) is 19.6 Å². The minimum atomic E-state index is -1.01. The van der Waals surface area contributed by atoms with Crippen molar-refractivity contribution >= 4 is 0 Å². The van der Waals surface area contributed by atoms with Crippen molar-refractivity contribution in [3.8, 4) is 0 Å². The molecular formula is C18H19F2NO. The zero-order chi connectivity index (χ0) is 15.5. The van der Waals surface area contributed by atoms with Gasteiger partial charge in [0.05, 0.1) is 6.10 Å². The smallest absolute Gasteiger partial charge is 0.129 e. The van der Waals surface area contributed by atoms with Gasteiger partial charge in [-0.25, -0.2) is 8.78 Å². The molecule has 0 saturated carbocycles. The fraction of sp³-hybridized carbons (Fsp3) is 0.333. The summed E-state index contributed by atoms with van der Waals surface area (Å²) in [4.78, 5) is 2.10. The molecular weight excluding hydrogens is 284 g/mol. The standard InChI is InChI=1S/C18H19F2NO/c19-15-6-7-17(20)16(10-15)18(22)12-21-9-8-14(11-21)13-4-2-1-3-5-13/h1-7,10,14,18,22H,8-9,11-12H2/t14-,18+/m0/s1. The first-order valence-electron chi connectivity index (χ1n) is 7.54. The molecule has 1 heterocycles. The van der Waals surface area contributed by atoms with Crippen molar-refractivity contribution in [3.63, 3.8) is 0 Å². The van der Waals surface area contributed by atoms with Crippen LogP contribution < -0.4 is 0 Å². The molecule has 1 aliphatic rings. The van der Waals surface area contributed by atoms with E-state index in [1.54, 1.807) is 0 Å². The summed E-state index contributed by atoms with van der Waals surface area (Å²) >= 11 is 0. The molecule has 2 nitrogen and oxygen atoms in total. The maximum atomic E-state index is 13.7. The Bertz CT molecular complexity index is 632. The van der Waals surface area contributed by atoms with Crippen molar-refractivity contribution in [2.24, 2.45) is 0 Å². The van der Waals surface area contributed by atoms with Gasteiger partial charge in [-0.2, -0.15) is 0 Å². The van der Waals surface area contributed by atoms with E-state index < -0.39 is 17.7 Å². The highest BCUT2D eigenvalue weighted by molar-refractivity contribution is 5.23. The number of β-amino-alcohol motifs (C(OH)–C–C–N with tert-alkyl or cyclic N) is 1. The summed E-state index contributed by atoms with van der Waals surface area (Å²) in [5.41, 5.74) is 1.32. The van der Waals surface area contributed by atoms with Crippen LogP contribution in [0.3, 0.4) is 0 Å². The second-order valence-electron chi connectivity index (χ2n) is 5.84. The Morgan fingerprint density at radius 1 is 1.14 bits per heavy atom. The van der Waals surface area contributed by atoms with E-state index >= 15 is 0 Å². The predicted molar refractivity (Wildman–Crippen MR) is 81.6 cm³/mol. The lowest BCUT2D eigenvalue weighted by atomic mass is 9.99. The van der Waals surface area contributed by atoms with Gasteiger partial charge in [-0.1, -0.05) is 30.3 Å². The molecule has 2 atom stereocenters. The largest absolute Gasteiger partial charge is 0.387 e. The summed E-state index contributed by atoms with van der Waals surface area (Å²) in [5.74, 6) is -0.655. The van der Waals surface area contributed by atoms with Crippen LogP contribution in [0.5, 0.6) is 0 Å². The topological polar surface area (TPSA) is 23.5 Å². The third-order valence-corrected chi connectivity index (χ3v) is 4.29. The van der Waals surface area contributed by atoms with E-state index in [2.05, 4.69) is 17.0 Å². The predicted octanol–water partition coefficient (Wildman–Crippen LogP) is 3.49. The number of halogens is 2. The van der Waals surface area contributed by atoms with Crippen molar-refractivity contribution in [3.05, 3.63) is 71.3 Å². The van der Waals surface area contributed by atoms with Crippen LogP contribution >= 0.6 is 0 Å². The van der Waals surface area contributed by atoms with E-state index in [1.165, 1.54) is 5.56 Å². The van der Waals surface area contributed by atoms with Gasteiger partial charge in [0.2, 0.25) is 0 Å². The Morgan fingerprint density at radius 2 is 1.91 bits per heavy atom. The highest BCUT2D eigenvalue weighted by Crippen LogP contribution is 2.29. The molecule has 22 heavy (non-hydrogen) atoms. The van der Waals surface area contributed by atoms with Crippen molar-refractivity contribution < 1.29 is 13.9 Å². The van der Waals surface area contributed by atoms with Crippen LogP contribution in [0, 0.1) is 11.6 Å². The molecule has 1 fully saturated rings. The number of hydrogen-bond acceptors (Lipinski definition) is 2. The molecule has 116 valence electrons. The summed E-state index contributed by atoms with van der Waals surface area (Å²) in [7, 11) is 0. The SMILES string of the molecule is O[C@H](CN1CC[C@H](c2ccccc2)C1)c1cc(F)ccc1F. The molecule has 0 aliphatic carbocycles. The fourth-order valence-corrected chi connectivity index (χ4v) is 3.11. The number of rotatable bonds is 4. The monoisotopic (exact) mass is 303 g/mol. The number of aliphatic hydroxyl groups is 1. The van der Waals surface area contributed by atoms with E-state index in [4.69, 9.17) is 0 Å². The van der Waals surface area contributed by atoms with Gasteiger partial charge in [-0.15, -0.1) is 0 Å². The van der Waals surface area contributed by atoms with Gasteiger partial charge in [0.1, 0.15) is 11.6 Å². The number of hydrogen-bond donors (Lipinski definition) is 1. The maximum absolute atomic E-state index is 13.7. The van der Waals surface area contributed by atoms with Gasteiger partial charge in [-0.3, -0.25) is 4.90 Å². The van der Waals surface area contributed by atoms with E-state index in [1.807, 2.05) is 18.2 Å². The van der Waals surface area contributed by atoms with Crippen molar-refractivity contribution in [2.45, 2.75) is 18.4 Å². The molecule has 0 amide bonds. The van der Waals surface area contributed by atoms with Gasteiger partial charge in [0, 0.05) is 18.7 Å². The quantitative estimate of drug-likeness (QED) is 0.934. The van der Waals surface area contributed by atoms with Crippen LogP contribution in [0.2, 0.25) is 0 Å². The third-order valence-electron chi connectivity index (χ3n) is 4.29. The zero-order valence-electron chi connectivity index (χ0n) is 12.3. The Balaban J connectivity index is 1.63. The first-order chi connectivity index (χ1) is 10.6. The van der Waals surface area contributed by atoms with Crippen LogP contribution in [0.15, 0.2) is 48.5 Å². The highest BCUT2D eigenvalue weighted by Gasteiger charge is 2.26. The molecule has 0 aromatic heterocycles. The summed E-state index contributed by atoms with van der Waals surface area (Å²) in [5, 5.41) is 10.2. The van der Waals surface area contributed by atoms with Crippen LogP contribution in [-0.2, 0) is 0 Å². The summed E-state index contributed by atoms with van der Waals surface area (Å²) in [6.45, 7) is 2.01. The second kappa shape index (κ2) is 6.55. The molecule has 0 unspecified atom stereocenters. The first kappa shape index (κ1) is 15.1. The van der Waals surface area contributed by atoms with Crippen LogP contribution in [-0.4, -0.2) is 29.6 Å². The summed E-state index contributed by atoms with van der Waals surface area (Å²) in [6, 6.07) is 13.5. The number of nitrogens with zero attached hydrogens (tertiary/aromatic N) is 1.